The zero-order valence-electron chi connectivity index (χ0n) is 8.96. The summed E-state index contributed by atoms with van der Waals surface area (Å²) in [6, 6.07) is 3.28. The highest BCUT2D eigenvalue weighted by Gasteiger charge is 2.26. The first kappa shape index (κ1) is 11.6. The van der Waals surface area contributed by atoms with Crippen LogP contribution in [0.5, 0.6) is 5.75 Å². The van der Waals surface area contributed by atoms with Gasteiger partial charge >= 0.3 is 0 Å². The third-order valence-corrected chi connectivity index (χ3v) is 3.00. The van der Waals surface area contributed by atoms with E-state index in [4.69, 9.17) is 27.9 Å². The molecule has 0 spiro atoms. The first-order valence-corrected chi connectivity index (χ1v) is 5.67. The Hall–Kier alpha value is -0.930. The van der Waals surface area contributed by atoms with Gasteiger partial charge in [0.1, 0.15) is 17.5 Å². The molecular weight excluding hydrogens is 249 g/mol. The second kappa shape index (κ2) is 4.15. The Kier molecular flexibility index (Phi) is 3.00. The maximum absolute atomic E-state index is 11.8. The minimum Gasteiger partial charge on any atom is -0.488 e. The standard InChI is InChI=1S/C11H11Cl2NO2/c1-6-3-10(15)14(2)11-8(13)4-7(12)5-9(11)16-6/h4-6H,3H2,1-2H3. The number of nitrogens with zero attached hydrogens (tertiary/aromatic N) is 1. The van der Waals surface area contributed by atoms with Crippen LogP contribution in [0.4, 0.5) is 5.69 Å². The minimum atomic E-state index is -0.175. The molecule has 1 atom stereocenters. The summed E-state index contributed by atoms with van der Waals surface area (Å²) in [6.07, 6.45) is 0.157. The highest BCUT2D eigenvalue weighted by atomic mass is 35.5. The van der Waals surface area contributed by atoms with Gasteiger partial charge in [0, 0.05) is 18.1 Å². The van der Waals surface area contributed by atoms with Crippen LogP contribution in [-0.2, 0) is 4.79 Å². The number of amides is 1. The van der Waals surface area contributed by atoms with Crippen molar-refractivity contribution in [3.8, 4) is 5.75 Å². The van der Waals surface area contributed by atoms with Crippen LogP contribution in [0, 0.1) is 0 Å². The summed E-state index contributed by atoms with van der Waals surface area (Å²) in [7, 11) is 1.68. The molecule has 0 bridgehead atoms. The fourth-order valence-corrected chi connectivity index (χ4v) is 2.33. The molecule has 0 saturated heterocycles. The maximum Gasteiger partial charge on any atom is 0.230 e. The van der Waals surface area contributed by atoms with Gasteiger partial charge in [0.05, 0.1) is 11.4 Å². The number of rotatable bonds is 0. The first-order valence-electron chi connectivity index (χ1n) is 4.91. The molecule has 0 saturated carbocycles. The lowest BCUT2D eigenvalue weighted by Crippen LogP contribution is -2.27. The number of hydrogen-bond donors (Lipinski definition) is 0. The van der Waals surface area contributed by atoms with Gasteiger partial charge in [-0.3, -0.25) is 4.79 Å². The Morgan fingerprint density at radius 1 is 1.44 bits per heavy atom. The molecule has 5 heteroatoms. The van der Waals surface area contributed by atoms with Crippen molar-refractivity contribution >= 4 is 34.8 Å². The molecule has 1 aromatic rings. The van der Waals surface area contributed by atoms with Crippen LogP contribution in [0.25, 0.3) is 0 Å². The number of anilines is 1. The van der Waals surface area contributed by atoms with Gasteiger partial charge < -0.3 is 9.64 Å². The molecule has 2 rings (SSSR count). The third-order valence-electron chi connectivity index (χ3n) is 2.49. The quantitative estimate of drug-likeness (QED) is 0.717. The van der Waals surface area contributed by atoms with Crippen molar-refractivity contribution in [1.29, 1.82) is 0 Å². The van der Waals surface area contributed by atoms with Crippen LogP contribution in [0.1, 0.15) is 13.3 Å². The van der Waals surface area contributed by atoms with E-state index in [0.717, 1.165) is 0 Å². The van der Waals surface area contributed by atoms with Crippen molar-refractivity contribution in [2.75, 3.05) is 11.9 Å². The van der Waals surface area contributed by atoms with Gasteiger partial charge in [0.2, 0.25) is 5.91 Å². The van der Waals surface area contributed by atoms with Crippen LogP contribution >= 0.6 is 23.2 Å². The van der Waals surface area contributed by atoms with Crippen LogP contribution in [0.15, 0.2) is 12.1 Å². The Morgan fingerprint density at radius 3 is 2.81 bits per heavy atom. The molecular formula is C11H11Cl2NO2. The van der Waals surface area contributed by atoms with E-state index in [2.05, 4.69) is 0 Å². The molecule has 16 heavy (non-hydrogen) atoms. The molecule has 0 radical (unpaired) electrons. The molecule has 1 aliphatic heterocycles. The summed E-state index contributed by atoms with van der Waals surface area (Å²) in [5, 5.41) is 0.922. The van der Waals surface area contributed by atoms with E-state index in [1.807, 2.05) is 6.92 Å². The number of fused-ring (bicyclic) bond motifs is 1. The lowest BCUT2D eigenvalue weighted by Gasteiger charge is -2.17. The van der Waals surface area contributed by atoms with Crippen molar-refractivity contribution in [1.82, 2.24) is 0 Å². The van der Waals surface area contributed by atoms with Gasteiger partial charge in [-0.05, 0) is 13.0 Å². The van der Waals surface area contributed by atoms with E-state index in [1.54, 1.807) is 19.2 Å². The van der Waals surface area contributed by atoms with E-state index < -0.39 is 0 Å². The normalized spacial score (nSPS) is 20.1. The Morgan fingerprint density at radius 2 is 2.12 bits per heavy atom. The second-order valence-corrected chi connectivity index (χ2v) is 4.66. The average molecular weight is 260 g/mol. The van der Waals surface area contributed by atoms with Crippen molar-refractivity contribution in [2.24, 2.45) is 0 Å². The van der Waals surface area contributed by atoms with Gasteiger partial charge in [-0.25, -0.2) is 0 Å². The number of carbonyl (C=O) groups is 1. The molecule has 3 nitrogen and oxygen atoms in total. The second-order valence-electron chi connectivity index (χ2n) is 3.82. The van der Waals surface area contributed by atoms with Crippen molar-refractivity contribution in [3.63, 3.8) is 0 Å². The first-order chi connectivity index (χ1) is 7.49. The van der Waals surface area contributed by atoms with Gasteiger partial charge in [-0.2, -0.15) is 0 Å². The predicted octanol–water partition coefficient (Wildman–Crippen LogP) is 3.13. The zero-order chi connectivity index (χ0) is 11.9. The average Bonchev–Trinajstić information content (AvgIpc) is 2.24. The molecule has 1 heterocycles. The molecule has 0 fully saturated rings. The summed E-state index contributed by atoms with van der Waals surface area (Å²) >= 11 is 12.0. The molecule has 1 aromatic carbocycles. The van der Waals surface area contributed by atoms with Crippen molar-refractivity contribution in [3.05, 3.63) is 22.2 Å². The van der Waals surface area contributed by atoms with Gasteiger partial charge in [-0.1, -0.05) is 23.2 Å². The predicted molar refractivity (Wildman–Crippen MR) is 64.6 cm³/mol. The molecule has 86 valence electrons. The summed E-state index contributed by atoms with van der Waals surface area (Å²) in [5.41, 5.74) is 0.584. The summed E-state index contributed by atoms with van der Waals surface area (Å²) in [6.45, 7) is 1.84. The van der Waals surface area contributed by atoms with E-state index in [-0.39, 0.29) is 12.0 Å². The van der Waals surface area contributed by atoms with Gasteiger partial charge in [-0.15, -0.1) is 0 Å². The highest BCUT2D eigenvalue weighted by molar-refractivity contribution is 6.37. The fourth-order valence-electron chi connectivity index (χ4n) is 1.72. The van der Waals surface area contributed by atoms with Crippen LogP contribution in [0.3, 0.4) is 0 Å². The van der Waals surface area contributed by atoms with Crippen molar-refractivity contribution < 1.29 is 9.53 Å². The van der Waals surface area contributed by atoms with Crippen LogP contribution in [0.2, 0.25) is 10.0 Å². The monoisotopic (exact) mass is 259 g/mol. The zero-order valence-corrected chi connectivity index (χ0v) is 10.5. The Balaban J connectivity index is 2.59. The van der Waals surface area contributed by atoms with E-state index in [1.165, 1.54) is 4.90 Å². The smallest absolute Gasteiger partial charge is 0.230 e. The molecule has 0 N–H and O–H groups in total. The van der Waals surface area contributed by atoms with Gasteiger partial charge in [0.25, 0.3) is 0 Å². The van der Waals surface area contributed by atoms with Gasteiger partial charge in [0.15, 0.2) is 0 Å². The Labute approximate surface area is 104 Å². The van der Waals surface area contributed by atoms with Crippen LogP contribution in [-0.4, -0.2) is 19.1 Å². The lowest BCUT2D eigenvalue weighted by molar-refractivity contribution is -0.119. The number of hydrogen-bond acceptors (Lipinski definition) is 2. The number of ether oxygens (including phenoxy) is 1. The molecule has 0 aromatic heterocycles. The number of benzene rings is 1. The topological polar surface area (TPSA) is 29.5 Å². The fraction of sp³-hybridized carbons (Fsp3) is 0.364. The van der Waals surface area contributed by atoms with E-state index >= 15 is 0 Å². The highest BCUT2D eigenvalue weighted by Crippen LogP contribution is 2.40. The van der Waals surface area contributed by atoms with E-state index in [0.29, 0.717) is 27.9 Å². The minimum absolute atomic E-state index is 0.0181. The molecule has 1 amide bonds. The molecule has 1 aliphatic rings. The van der Waals surface area contributed by atoms with E-state index in [9.17, 15) is 4.79 Å². The number of carbonyl (C=O) groups excluding carboxylic acids is 1. The SMILES string of the molecule is CC1CC(=O)N(C)c2c(Cl)cc(Cl)cc2O1. The third kappa shape index (κ3) is 1.97. The summed E-state index contributed by atoms with van der Waals surface area (Å²) < 4.78 is 5.63. The van der Waals surface area contributed by atoms with Crippen LogP contribution < -0.4 is 9.64 Å². The maximum atomic E-state index is 11.8. The molecule has 0 aliphatic carbocycles. The largest absolute Gasteiger partial charge is 0.488 e. The summed E-state index contributed by atoms with van der Waals surface area (Å²) in [4.78, 5) is 13.3. The molecule has 1 unspecified atom stereocenters. The van der Waals surface area contributed by atoms with Crippen molar-refractivity contribution in [2.45, 2.75) is 19.4 Å². The number of halogens is 2. The lowest BCUT2D eigenvalue weighted by atomic mass is 10.2. The Bertz CT molecular complexity index is 448. The summed E-state index contributed by atoms with van der Waals surface area (Å²) in [5.74, 6) is 0.536.